The fourth-order valence-electron chi connectivity index (χ4n) is 5.71. The normalized spacial score (nSPS) is 22.1. The Kier molecular flexibility index (Phi) is 11.1. The number of likely N-dealkylation sites (N-methyl/N-ethyl adjacent to an activating group) is 2. The minimum absolute atomic E-state index is 0.0200. The van der Waals surface area contributed by atoms with Gasteiger partial charge < -0.3 is 30.4 Å². The Hall–Kier alpha value is -2.69. The average molecular weight is 538 g/mol. The van der Waals surface area contributed by atoms with Crippen molar-refractivity contribution in [3.8, 4) is 0 Å². The number of aliphatic carboxylic acids is 1. The zero-order valence-electron chi connectivity index (χ0n) is 24.2. The van der Waals surface area contributed by atoms with E-state index in [4.69, 9.17) is 0 Å². The van der Waals surface area contributed by atoms with Gasteiger partial charge in [-0.2, -0.15) is 0 Å². The number of likely N-dealkylation sites (tertiary alicyclic amines) is 2. The molecule has 5 atom stereocenters. The highest BCUT2D eigenvalue weighted by molar-refractivity contribution is 5.96. The molecular weight excluding hydrogens is 490 g/mol. The van der Waals surface area contributed by atoms with Crippen LogP contribution in [0.4, 0.5) is 0 Å². The van der Waals surface area contributed by atoms with Crippen LogP contribution in [-0.4, -0.2) is 107 Å². The summed E-state index contributed by atoms with van der Waals surface area (Å²) in [5.41, 5.74) is 0. The van der Waals surface area contributed by atoms with E-state index in [-0.39, 0.29) is 41.4 Å². The molecule has 38 heavy (non-hydrogen) atoms. The quantitative estimate of drug-likeness (QED) is 0.356. The van der Waals surface area contributed by atoms with Gasteiger partial charge >= 0.3 is 5.97 Å². The largest absolute Gasteiger partial charge is 0.480 e. The molecule has 0 aromatic carbocycles. The van der Waals surface area contributed by atoms with E-state index >= 15 is 0 Å². The van der Waals surface area contributed by atoms with E-state index in [0.29, 0.717) is 38.8 Å². The van der Waals surface area contributed by atoms with Gasteiger partial charge in [0.15, 0.2) is 0 Å². The molecule has 0 spiro atoms. The van der Waals surface area contributed by atoms with Crippen molar-refractivity contribution >= 4 is 29.6 Å². The number of rotatable bonds is 11. The molecule has 3 N–H and O–H groups in total. The first-order valence-corrected chi connectivity index (χ1v) is 13.8. The molecule has 11 nitrogen and oxygen atoms in total. The van der Waals surface area contributed by atoms with E-state index in [9.17, 15) is 29.1 Å². The molecule has 0 aliphatic carbocycles. The van der Waals surface area contributed by atoms with Crippen LogP contribution in [0.25, 0.3) is 0 Å². The van der Waals surface area contributed by atoms with Gasteiger partial charge in [-0.15, -0.1) is 0 Å². The van der Waals surface area contributed by atoms with Crippen LogP contribution >= 0.6 is 0 Å². The molecule has 216 valence electrons. The topological polar surface area (TPSA) is 139 Å². The number of carbonyl (C=O) groups is 5. The zero-order chi connectivity index (χ0) is 28.9. The monoisotopic (exact) mass is 537 g/mol. The molecule has 0 radical (unpaired) electrons. The molecule has 2 heterocycles. The van der Waals surface area contributed by atoms with E-state index < -0.39 is 36.2 Å². The van der Waals surface area contributed by atoms with Crippen LogP contribution in [0, 0.1) is 17.8 Å². The SMILES string of the molecule is CN[C@H](C(=O)N[C@H](C(=O)N(C)[C@H](C(=O)N1CCC[C@H]1C(=O)N1CCC[C@H]1C(=O)O)C(C)C)C(C)C)C(C)C. The Labute approximate surface area is 226 Å². The van der Waals surface area contributed by atoms with Crippen molar-refractivity contribution in [2.24, 2.45) is 17.8 Å². The Balaban J connectivity index is 2.25. The summed E-state index contributed by atoms with van der Waals surface area (Å²) < 4.78 is 0. The van der Waals surface area contributed by atoms with Crippen LogP contribution in [0.2, 0.25) is 0 Å². The second kappa shape index (κ2) is 13.4. The van der Waals surface area contributed by atoms with E-state index in [1.54, 1.807) is 14.1 Å². The number of carboxylic acid groups (broad SMARTS) is 1. The van der Waals surface area contributed by atoms with Crippen molar-refractivity contribution in [1.29, 1.82) is 0 Å². The summed E-state index contributed by atoms with van der Waals surface area (Å²) >= 11 is 0. The number of carbonyl (C=O) groups excluding carboxylic acids is 4. The van der Waals surface area contributed by atoms with Crippen LogP contribution < -0.4 is 10.6 Å². The average Bonchev–Trinajstić information content (AvgIpc) is 3.51. The van der Waals surface area contributed by atoms with Gasteiger partial charge in [0.2, 0.25) is 23.6 Å². The smallest absolute Gasteiger partial charge is 0.326 e. The maximum absolute atomic E-state index is 13.9. The van der Waals surface area contributed by atoms with Crippen LogP contribution in [0.1, 0.15) is 67.2 Å². The lowest BCUT2D eigenvalue weighted by atomic mass is 9.96. The number of hydrogen-bond acceptors (Lipinski definition) is 6. The van der Waals surface area contributed by atoms with Gasteiger partial charge in [-0.25, -0.2) is 4.79 Å². The second-order valence-corrected chi connectivity index (χ2v) is 11.6. The lowest BCUT2D eigenvalue weighted by Gasteiger charge is -2.38. The minimum Gasteiger partial charge on any atom is -0.480 e. The summed E-state index contributed by atoms with van der Waals surface area (Å²) in [5.74, 6) is -2.80. The molecule has 4 amide bonds. The highest BCUT2D eigenvalue weighted by atomic mass is 16.4. The fourth-order valence-corrected chi connectivity index (χ4v) is 5.71. The van der Waals surface area contributed by atoms with E-state index in [1.165, 1.54) is 14.7 Å². The van der Waals surface area contributed by atoms with Gasteiger partial charge in [0.1, 0.15) is 24.2 Å². The lowest BCUT2D eigenvalue weighted by molar-refractivity contribution is -0.155. The molecule has 0 bridgehead atoms. The molecule has 2 rings (SSSR count). The summed E-state index contributed by atoms with van der Waals surface area (Å²) in [6.07, 6.45) is 2.10. The van der Waals surface area contributed by atoms with Crippen LogP contribution in [0.3, 0.4) is 0 Å². The van der Waals surface area contributed by atoms with Crippen molar-refractivity contribution in [3.05, 3.63) is 0 Å². The number of nitrogens with zero attached hydrogens (tertiary/aromatic N) is 3. The third-order valence-corrected chi connectivity index (χ3v) is 7.78. The van der Waals surface area contributed by atoms with E-state index in [1.807, 2.05) is 41.5 Å². The maximum atomic E-state index is 13.9. The van der Waals surface area contributed by atoms with E-state index in [2.05, 4.69) is 10.6 Å². The summed E-state index contributed by atoms with van der Waals surface area (Å²) in [6, 6.07) is -3.74. The third-order valence-electron chi connectivity index (χ3n) is 7.78. The molecule has 2 aliphatic rings. The molecule has 0 aromatic heterocycles. The Morgan fingerprint density at radius 1 is 0.816 bits per heavy atom. The van der Waals surface area contributed by atoms with Gasteiger partial charge in [0.25, 0.3) is 0 Å². The highest BCUT2D eigenvalue weighted by Crippen LogP contribution is 2.27. The Morgan fingerprint density at radius 2 is 1.34 bits per heavy atom. The van der Waals surface area contributed by atoms with Gasteiger partial charge in [-0.1, -0.05) is 41.5 Å². The molecule has 2 aliphatic heterocycles. The van der Waals surface area contributed by atoms with Crippen LogP contribution in [0.5, 0.6) is 0 Å². The zero-order valence-corrected chi connectivity index (χ0v) is 24.2. The number of carboxylic acids is 1. The standard InChI is InChI=1S/C27H47N5O6/c1-15(2)20(28-7)23(33)29-21(16(3)4)25(35)30(8)22(17(5)6)26(36)31-13-9-11-18(31)24(34)32-14-10-12-19(32)27(37)38/h15-22,28H,9-14H2,1-8H3,(H,29,33)(H,37,38)/t18-,19-,20-,21-,22-/m0/s1. The lowest BCUT2D eigenvalue weighted by Crippen LogP contribution is -2.61. The fraction of sp³-hybridized carbons (Fsp3) is 0.815. The summed E-state index contributed by atoms with van der Waals surface area (Å²) in [7, 11) is 3.27. The van der Waals surface area contributed by atoms with Crippen molar-refractivity contribution in [2.45, 2.75) is 97.4 Å². The molecule has 0 unspecified atom stereocenters. The molecule has 2 saturated heterocycles. The van der Waals surface area contributed by atoms with Crippen LogP contribution in [0.15, 0.2) is 0 Å². The molecule has 11 heteroatoms. The van der Waals surface area contributed by atoms with Gasteiger partial charge in [-0.3, -0.25) is 19.2 Å². The maximum Gasteiger partial charge on any atom is 0.326 e. The van der Waals surface area contributed by atoms with Crippen molar-refractivity contribution in [3.63, 3.8) is 0 Å². The van der Waals surface area contributed by atoms with E-state index in [0.717, 1.165) is 0 Å². The van der Waals surface area contributed by atoms with Crippen molar-refractivity contribution in [2.75, 3.05) is 27.2 Å². The molecule has 0 aromatic rings. The first kappa shape index (κ1) is 31.5. The Morgan fingerprint density at radius 3 is 1.82 bits per heavy atom. The van der Waals surface area contributed by atoms with Crippen LogP contribution in [-0.2, 0) is 24.0 Å². The predicted molar refractivity (Wildman–Crippen MR) is 143 cm³/mol. The first-order valence-electron chi connectivity index (χ1n) is 13.8. The number of hydrogen-bond donors (Lipinski definition) is 3. The Bertz CT molecular complexity index is 891. The van der Waals surface area contributed by atoms with Crippen molar-refractivity contribution < 1.29 is 29.1 Å². The highest BCUT2D eigenvalue weighted by Gasteiger charge is 2.45. The summed E-state index contributed by atoms with van der Waals surface area (Å²) in [6.45, 7) is 11.9. The minimum atomic E-state index is -1.03. The number of amides is 4. The number of nitrogens with one attached hydrogen (secondary N) is 2. The third kappa shape index (κ3) is 6.84. The summed E-state index contributed by atoms with van der Waals surface area (Å²) in [5, 5.41) is 15.4. The molecule has 2 fully saturated rings. The van der Waals surface area contributed by atoms with Gasteiger partial charge in [0, 0.05) is 20.1 Å². The van der Waals surface area contributed by atoms with Gasteiger partial charge in [-0.05, 0) is 50.5 Å². The first-order chi connectivity index (χ1) is 17.7. The predicted octanol–water partition coefficient (Wildman–Crippen LogP) is 0.921. The van der Waals surface area contributed by atoms with Crippen molar-refractivity contribution in [1.82, 2.24) is 25.3 Å². The molecule has 0 saturated carbocycles. The second-order valence-electron chi connectivity index (χ2n) is 11.6. The summed E-state index contributed by atoms with van der Waals surface area (Å²) in [4.78, 5) is 69.8. The van der Waals surface area contributed by atoms with Gasteiger partial charge in [0.05, 0.1) is 6.04 Å². The molecular formula is C27H47N5O6.